The SMILES string of the molecule is COCO[C@H]([C@H](C)CCI)[C@@H](C/C=C\CCO[Si](C)(C)C(C)(C)C)O[Si](C)(C)C(C)(C)C. The van der Waals surface area contributed by atoms with Crippen molar-refractivity contribution in [3.8, 4) is 0 Å². The molecule has 0 unspecified atom stereocenters. The highest BCUT2D eigenvalue weighted by atomic mass is 127. The molecule has 0 aliphatic heterocycles. The van der Waals surface area contributed by atoms with Crippen molar-refractivity contribution in [2.24, 2.45) is 5.92 Å². The summed E-state index contributed by atoms with van der Waals surface area (Å²) in [6, 6.07) is 0. The molecule has 0 aromatic heterocycles. The number of ether oxygens (including phenoxy) is 2. The second-order valence-corrected chi connectivity index (χ2v) is 22.7. The fourth-order valence-corrected chi connectivity index (χ4v) is 6.26. The third-order valence-electron chi connectivity index (χ3n) is 7.21. The van der Waals surface area contributed by atoms with Crippen LogP contribution in [0.1, 0.15) is 67.7 Å². The van der Waals surface area contributed by atoms with E-state index in [1.165, 1.54) is 0 Å². The van der Waals surface area contributed by atoms with E-state index in [1.807, 2.05) is 0 Å². The monoisotopic (exact) mass is 600 g/mol. The van der Waals surface area contributed by atoms with Crippen LogP contribution in [-0.2, 0) is 18.3 Å². The molecule has 0 bridgehead atoms. The van der Waals surface area contributed by atoms with E-state index in [4.69, 9.17) is 18.3 Å². The molecule has 0 spiro atoms. The van der Waals surface area contributed by atoms with Gasteiger partial charge in [0.2, 0.25) is 0 Å². The second-order valence-electron chi connectivity index (χ2n) is 12.0. The van der Waals surface area contributed by atoms with Gasteiger partial charge >= 0.3 is 0 Å². The first-order valence-electron chi connectivity index (χ1n) is 12.1. The number of hydrogen-bond acceptors (Lipinski definition) is 4. The summed E-state index contributed by atoms with van der Waals surface area (Å²) in [6.07, 6.45) is 7.47. The Morgan fingerprint density at radius 1 is 0.906 bits per heavy atom. The van der Waals surface area contributed by atoms with Crippen LogP contribution in [0.15, 0.2) is 12.2 Å². The number of alkyl halides is 1. The fraction of sp³-hybridized carbons (Fsp3) is 0.920. The zero-order chi connectivity index (χ0) is 25.2. The van der Waals surface area contributed by atoms with Crippen LogP contribution in [0, 0.1) is 5.92 Å². The van der Waals surface area contributed by atoms with Gasteiger partial charge in [-0.1, -0.05) is 83.2 Å². The summed E-state index contributed by atoms with van der Waals surface area (Å²) in [5.41, 5.74) is 0. The van der Waals surface area contributed by atoms with Crippen molar-refractivity contribution in [2.45, 2.75) is 116 Å². The molecule has 0 radical (unpaired) electrons. The lowest BCUT2D eigenvalue weighted by Gasteiger charge is -2.42. The summed E-state index contributed by atoms with van der Waals surface area (Å²) in [6.45, 7) is 26.4. The summed E-state index contributed by atoms with van der Waals surface area (Å²) in [7, 11) is -1.93. The predicted octanol–water partition coefficient (Wildman–Crippen LogP) is 8.19. The zero-order valence-electron chi connectivity index (χ0n) is 23.1. The van der Waals surface area contributed by atoms with Crippen molar-refractivity contribution < 1.29 is 18.3 Å². The highest BCUT2D eigenvalue weighted by molar-refractivity contribution is 14.1. The standard InChI is InChI=1S/C25H53IO4Si2/c1-21(17-18-26)23(28-20-27-8)22(30-32(11,12)25(5,6)7)16-14-13-15-19-29-31(9,10)24(2,3)4/h13-14,21-23H,15-20H2,1-12H3/b14-13-/t21-,22-,23-/m1/s1. The number of halogens is 1. The van der Waals surface area contributed by atoms with Gasteiger partial charge in [0.25, 0.3) is 0 Å². The molecule has 0 heterocycles. The van der Waals surface area contributed by atoms with Gasteiger partial charge in [-0.2, -0.15) is 0 Å². The molecule has 192 valence electrons. The maximum absolute atomic E-state index is 6.91. The van der Waals surface area contributed by atoms with E-state index in [1.54, 1.807) is 7.11 Å². The number of rotatable bonds is 15. The molecule has 0 aromatic rings. The van der Waals surface area contributed by atoms with Crippen LogP contribution in [0.3, 0.4) is 0 Å². The van der Waals surface area contributed by atoms with E-state index in [9.17, 15) is 0 Å². The molecule has 0 saturated heterocycles. The van der Waals surface area contributed by atoms with E-state index >= 15 is 0 Å². The summed E-state index contributed by atoms with van der Waals surface area (Å²) in [5.74, 6) is 0.409. The summed E-state index contributed by atoms with van der Waals surface area (Å²) in [5, 5.41) is 0.407. The third kappa shape index (κ3) is 11.4. The largest absolute Gasteiger partial charge is 0.417 e. The third-order valence-corrected chi connectivity index (χ3v) is 16.9. The molecule has 4 nitrogen and oxygen atoms in total. The Morgan fingerprint density at radius 2 is 1.47 bits per heavy atom. The molecule has 0 aliphatic rings. The molecular formula is C25H53IO4Si2. The van der Waals surface area contributed by atoms with Gasteiger partial charge in [-0.3, -0.25) is 0 Å². The molecule has 0 amide bonds. The highest BCUT2D eigenvalue weighted by Crippen LogP contribution is 2.39. The minimum atomic E-state index is -1.94. The van der Waals surface area contributed by atoms with Gasteiger partial charge in [0.1, 0.15) is 6.79 Å². The lowest BCUT2D eigenvalue weighted by Crippen LogP contribution is -2.49. The second kappa shape index (κ2) is 14.3. The van der Waals surface area contributed by atoms with Crippen LogP contribution in [0.5, 0.6) is 0 Å². The number of hydrogen-bond donors (Lipinski definition) is 0. The van der Waals surface area contributed by atoms with Crippen LogP contribution in [0.2, 0.25) is 36.3 Å². The molecule has 3 atom stereocenters. The average Bonchev–Trinajstić information content (AvgIpc) is 2.62. The molecule has 32 heavy (non-hydrogen) atoms. The van der Waals surface area contributed by atoms with Crippen LogP contribution >= 0.6 is 22.6 Å². The Morgan fingerprint density at radius 3 is 1.94 bits per heavy atom. The van der Waals surface area contributed by atoms with Gasteiger partial charge in [0.05, 0.1) is 12.2 Å². The lowest BCUT2D eigenvalue weighted by molar-refractivity contribution is -0.126. The van der Waals surface area contributed by atoms with E-state index in [0.717, 1.165) is 30.3 Å². The topological polar surface area (TPSA) is 36.9 Å². The molecular weight excluding hydrogens is 547 g/mol. The van der Waals surface area contributed by atoms with Crippen LogP contribution in [0.25, 0.3) is 0 Å². The molecule has 0 rings (SSSR count). The van der Waals surface area contributed by atoms with Crippen molar-refractivity contribution in [1.29, 1.82) is 0 Å². The Balaban J connectivity index is 5.32. The van der Waals surface area contributed by atoms with Crippen LogP contribution in [-0.4, -0.2) is 53.8 Å². The van der Waals surface area contributed by atoms with Gasteiger partial charge in [0, 0.05) is 13.7 Å². The minimum absolute atomic E-state index is 0.0203. The predicted molar refractivity (Wildman–Crippen MR) is 153 cm³/mol. The van der Waals surface area contributed by atoms with E-state index in [2.05, 4.69) is 109 Å². The summed E-state index contributed by atoms with van der Waals surface area (Å²) in [4.78, 5) is 0. The quantitative estimate of drug-likeness (QED) is 0.0474. The molecule has 0 aliphatic carbocycles. The van der Waals surface area contributed by atoms with Crippen molar-refractivity contribution in [3.05, 3.63) is 12.2 Å². The Labute approximate surface area is 216 Å². The first-order valence-corrected chi connectivity index (χ1v) is 19.5. The maximum Gasteiger partial charge on any atom is 0.192 e. The van der Waals surface area contributed by atoms with Crippen LogP contribution < -0.4 is 0 Å². The van der Waals surface area contributed by atoms with Gasteiger partial charge in [-0.15, -0.1) is 0 Å². The number of methoxy groups -OCH3 is 1. The maximum atomic E-state index is 6.91. The normalized spacial score (nSPS) is 17.0. The van der Waals surface area contributed by atoms with Crippen molar-refractivity contribution >= 4 is 39.2 Å². The summed E-state index contributed by atoms with van der Waals surface area (Å²) >= 11 is 2.45. The molecule has 0 aromatic carbocycles. The van der Waals surface area contributed by atoms with Crippen molar-refractivity contribution in [2.75, 3.05) is 24.9 Å². The average molecular weight is 601 g/mol. The minimum Gasteiger partial charge on any atom is -0.417 e. The van der Waals surface area contributed by atoms with Crippen molar-refractivity contribution in [3.63, 3.8) is 0 Å². The smallest absolute Gasteiger partial charge is 0.192 e. The molecule has 0 saturated carbocycles. The summed E-state index contributed by atoms with van der Waals surface area (Å²) < 4.78 is 25.8. The van der Waals surface area contributed by atoms with Gasteiger partial charge < -0.3 is 18.3 Å². The molecule has 0 fully saturated rings. The lowest BCUT2D eigenvalue weighted by atomic mass is 9.95. The Hall–Kier alpha value is 0.744. The molecule has 0 N–H and O–H groups in total. The zero-order valence-corrected chi connectivity index (χ0v) is 27.3. The van der Waals surface area contributed by atoms with E-state index < -0.39 is 16.6 Å². The van der Waals surface area contributed by atoms with E-state index in [-0.39, 0.29) is 22.3 Å². The van der Waals surface area contributed by atoms with Crippen LogP contribution in [0.4, 0.5) is 0 Å². The first kappa shape index (κ1) is 32.7. The van der Waals surface area contributed by atoms with E-state index in [0.29, 0.717) is 12.7 Å². The van der Waals surface area contributed by atoms with Gasteiger partial charge in [0.15, 0.2) is 16.6 Å². The van der Waals surface area contributed by atoms with Crippen molar-refractivity contribution in [1.82, 2.24) is 0 Å². The fourth-order valence-electron chi connectivity index (χ4n) is 2.87. The van der Waals surface area contributed by atoms with Gasteiger partial charge in [-0.25, -0.2) is 0 Å². The Kier molecular flexibility index (Phi) is 14.7. The molecule has 7 heteroatoms. The first-order chi connectivity index (χ1) is 14.5. The Bertz CT molecular complexity index is 539. The highest BCUT2D eigenvalue weighted by Gasteiger charge is 2.41. The van der Waals surface area contributed by atoms with Gasteiger partial charge in [-0.05, 0) is 65.9 Å².